The second kappa shape index (κ2) is 6.62. The lowest BCUT2D eigenvalue weighted by Gasteiger charge is -2.19. The third-order valence-corrected chi connectivity index (χ3v) is 3.70. The van der Waals surface area contributed by atoms with Gasteiger partial charge in [-0.2, -0.15) is 0 Å². The number of halogens is 2. The lowest BCUT2D eigenvalue weighted by molar-refractivity contribution is 0.0941. The van der Waals surface area contributed by atoms with Gasteiger partial charge >= 0.3 is 0 Å². The monoisotopic (exact) mass is 327 g/mol. The lowest BCUT2D eigenvalue weighted by Crippen LogP contribution is -2.31. The lowest BCUT2D eigenvalue weighted by atomic mass is 10.1. The molecule has 1 atom stereocenters. The molecular weight excluding hydrogens is 312 g/mol. The zero-order valence-corrected chi connectivity index (χ0v) is 12.9. The number of nitrogens with one attached hydrogen (secondary N) is 1. The van der Waals surface area contributed by atoms with Gasteiger partial charge in [0.1, 0.15) is 23.5 Å². The van der Waals surface area contributed by atoms with Crippen LogP contribution in [0.3, 0.4) is 0 Å². The number of benzene rings is 2. The Hall–Kier alpha value is -3.02. The standard InChI is InChI=1S/C18H15F2N3O/c1-23-11-10-21-17(23)16(12-2-6-14(19)7-3-12)22-18(24)13-4-8-15(20)9-5-13/h2-11,16H,1H3,(H,22,24)/t16-/m0/s1. The molecule has 0 saturated heterocycles. The highest BCUT2D eigenvalue weighted by Gasteiger charge is 2.21. The van der Waals surface area contributed by atoms with Crippen LogP contribution in [0, 0.1) is 11.6 Å². The normalized spacial score (nSPS) is 12.0. The fourth-order valence-electron chi connectivity index (χ4n) is 2.42. The molecule has 3 aromatic rings. The van der Waals surface area contributed by atoms with Gasteiger partial charge in [0.25, 0.3) is 5.91 Å². The summed E-state index contributed by atoms with van der Waals surface area (Å²) in [6.45, 7) is 0. The third-order valence-electron chi connectivity index (χ3n) is 3.70. The minimum Gasteiger partial charge on any atom is -0.338 e. The third kappa shape index (κ3) is 3.32. The highest BCUT2D eigenvalue weighted by molar-refractivity contribution is 5.94. The van der Waals surface area contributed by atoms with E-state index in [0.29, 0.717) is 17.0 Å². The molecule has 4 nitrogen and oxygen atoms in total. The highest BCUT2D eigenvalue weighted by atomic mass is 19.1. The molecule has 3 rings (SSSR count). The number of aromatic nitrogens is 2. The molecule has 0 radical (unpaired) electrons. The Balaban J connectivity index is 1.93. The van der Waals surface area contributed by atoms with Gasteiger partial charge in [0.2, 0.25) is 0 Å². The Bertz CT molecular complexity index is 841. The predicted molar refractivity (Wildman–Crippen MR) is 85.3 cm³/mol. The Kier molecular flexibility index (Phi) is 4.37. The topological polar surface area (TPSA) is 46.9 Å². The Morgan fingerprint density at radius 1 is 1.04 bits per heavy atom. The first-order valence-corrected chi connectivity index (χ1v) is 7.34. The number of rotatable bonds is 4. The number of amides is 1. The van der Waals surface area contributed by atoms with Crippen LogP contribution in [0.25, 0.3) is 0 Å². The molecule has 0 spiro atoms. The quantitative estimate of drug-likeness (QED) is 0.800. The Morgan fingerprint density at radius 3 is 2.17 bits per heavy atom. The van der Waals surface area contributed by atoms with Crippen LogP contribution in [0.2, 0.25) is 0 Å². The molecule has 1 N–H and O–H groups in total. The molecule has 2 aromatic carbocycles. The molecule has 1 heterocycles. The van der Waals surface area contributed by atoms with E-state index in [9.17, 15) is 13.6 Å². The van der Waals surface area contributed by atoms with Gasteiger partial charge in [-0.1, -0.05) is 12.1 Å². The first kappa shape index (κ1) is 15.9. The van der Waals surface area contributed by atoms with Gasteiger partial charge in [-0.05, 0) is 42.0 Å². The number of hydrogen-bond donors (Lipinski definition) is 1. The van der Waals surface area contributed by atoms with Gasteiger partial charge < -0.3 is 9.88 Å². The van der Waals surface area contributed by atoms with Crippen LogP contribution < -0.4 is 5.32 Å². The fraction of sp³-hybridized carbons (Fsp3) is 0.111. The number of carbonyl (C=O) groups is 1. The van der Waals surface area contributed by atoms with Crippen molar-refractivity contribution < 1.29 is 13.6 Å². The Morgan fingerprint density at radius 2 is 1.62 bits per heavy atom. The summed E-state index contributed by atoms with van der Waals surface area (Å²) in [6.07, 6.45) is 3.38. The largest absolute Gasteiger partial charge is 0.338 e. The first-order valence-electron chi connectivity index (χ1n) is 7.34. The molecule has 0 aliphatic carbocycles. The van der Waals surface area contributed by atoms with Crippen LogP contribution in [-0.4, -0.2) is 15.5 Å². The van der Waals surface area contributed by atoms with E-state index in [1.165, 1.54) is 36.4 Å². The Labute approximate surface area is 137 Å². The second-order valence-corrected chi connectivity index (χ2v) is 5.36. The van der Waals surface area contributed by atoms with E-state index in [1.54, 1.807) is 29.1 Å². The molecule has 24 heavy (non-hydrogen) atoms. The van der Waals surface area contributed by atoms with Gasteiger partial charge in [-0.15, -0.1) is 0 Å². The van der Waals surface area contributed by atoms with Crippen molar-refractivity contribution in [2.45, 2.75) is 6.04 Å². The van der Waals surface area contributed by atoms with Gasteiger partial charge in [0, 0.05) is 25.0 Å². The van der Waals surface area contributed by atoms with Crippen molar-refractivity contribution in [3.63, 3.8) is 0 Å². The second-order valence-electron chi connectivity index (χ2n) is 5.36. The fourth-order valence-corrected chi connectivity index (χ4v) is 2.42. The zero-order chi connectivity index (χ0) is 17.1. The zero-order valence-electron chi connectivity index (χ0n) is 12.9. The number of nitrogens with zero attached hydrogens (tertiary/aromatic N) is 2. The van der Waals surface area contributed by atoms with Crippen molar-refractivity contribution >= 4 is 5.91 Å². The molecule has 6 heteroatoms. The molecule has 0 aliphatic heterocycles. The summed E-state index contributed by atoms with van der Waals surface area (Å²) >= 11 is 0. The van der Waals surface area contributed by atoms with E-state index in [2.05, 4.69) is 10.3 Å². The summed E-state index contributed by atoms with van der Waals surface area (Å²) in [6, 6.07) is 10.6. The van der Waals surface area contributed by atoms with Crippen LogP contribution >= 0.6 is 0 Å². The van der Waals surface area contributed by atoms with Gasteiger partial charge in [-0.3, -0.25) is 4.79 Å². The van der Waals surface area contributed by atoms with E-state index < -0.39 is 11.9 Å². The maximum Gasteiger partial charge on any atom is 0.252 e. The van der Waals surface area contributed by atoms with Crippen LogP contribution in [0.5, 0.6) is 0 Å². The van der Waals surface area contributed by atoms with Gasteiger partial charge in [0.05, 0.1) is 0 Å². The summed E-state index contributed by atoms with van der Waals surface area (Å²) in [5.74, 6) is -0.530. The molecule has 1 aromatic heterocycles. The van der Waals surface area contributed by atoms with Gasteiger partial charge in [0.15, 0.2) is 0 Å². The molecule has 1 amide bonds. The van der Waals surface area contributed by atoms with Crippen LogP contribution in [0.4, 0.5) is 8.78 Å². The van der Waals surface area contributed by atoms with Crippen molar-refractivity contribution in [2.75, 3.05) is 0 Å². The minimum atomic E-state index is -0.553. The molecule has 0 saturated carbocycles. The van der Waals surface area contributed by atoms with E-state index in [1.807, 2.05) is 7.05 Å². The van der Waals surface area contributed by atoms with E-state index in [4.69, 9.17) is 0 Å². The van der Waals surface area contributed by atoms with Crippen molar-refractivity contribution in [1.82, 2.24) is 14.9 Å². The van der Waals surface area contributed by atoms with Crippen molar-refractivity contribution in [3.8, 4) is 0 Å². The smallest absolute Gasteiger partial charge is 0.252 e. The van der Waals surface area contributed by atoms with Crippen LogP contribution in [0.15, 0.2) is 60.9 Å². The van der Waals surface area contributed by atoms with Crippen molar-refractivity contribution in [3.05, 3.63) is 89.5 Å². The number of imidazole rings is 1. The number of hydrogen-bond acceptors (Lipinski definition) is 2. The van der Waals surface area contributed by atoms with E-state index in [-0.39, 0.29) is 11.7 Å². The van der Waals surface area contributed by atoms with Crippen molar-refractivity contribution in [1.29, 1.82) is 0 Å². The van der Waals surface area contributed by atoms with E-state index >= 15 is 0 Å². The number of carbonyl (C=O) groups excluding carboxylic acids is 1. The summed E-state index contributed by atoms with van der Waals surface area (Å²) in [5.41, 5.74) is 1.03. The highest BCUT2D eigenvalue weighted by Crippen LogP contribution is 2.21. The SMILES string of the molecule is Cn1ccnc1[C@@H](NC(=O)c1ccc(F)cc1)c1ccc(F)cc1. The predicted octanol–water partition coefficient (Wildman–Crippen LogP) is 3.22. The molecule has 122 valence electrons. The molecule has 0 fully saturated rings. The molecule has 0 aliphatic rings. The summed E-state index contributed by atoms with van der Waals surface area (Å²) < 4.78 is 28.0. The van der Waals surface area contributed by atoms with Crippen LogP contribution in [-0.2, 0) is 7.05 Å². The average molecular weight is 327 g/mol. The molecular formula is C18H15F2N3O. The first-order chi connectivity index (χ1) is 11.5. The summed E-state index contributed by atoms with van der Waals surface area (Å²) in [4.78, 5) is 16.7. The minimum absolute atomic E-state index is 0.331. The van der Waals surface area contributed by atoms with Crippen LogP contribution in [0.1, 0.15) is 27.8 Å². The number of aryl methyl sites for hydroxylation is 1. The molecule has 0 unspecified atom stereocenters. The maximum atomic E-state index is 13.2. The van der Waals surface area contributed by atoms with E-state index in [0.717, 1.165) is 0 Å². The summed E-state index contributed by atoms with van der Waals surface area (Å²) in [7, 11) is 1.81. The molecule has 0 bridgehead atoms. The summed E-state index contributed by atoms with van der Waals surface area (Å²) in [5, 5.41) is 2.86. The van der Waals surface area contributed by atoms with Gasteiger partial charge in [-0.25, -0.2) is 13.8 Å². The average Bonchev–Trinajstić information content (AvgIpc) is 3.00. The van der Waals surface area contributed by atoms with Crippen molar-refractivity contribution in [2.24, 2.45) is 7.05 Å². The maximum absolute atomic E-state index is 13.2.